The van der Waals surface area contributed by atoms with Gasteiger partial charge >= 0.3 is 0 Å². The molecule has 1 amide bonds. The lowest BCUT2D eigenvalue weighted by molar-refractivity contribution is 0.0951. The predicted molar refractivity (Wildman–Crippen MR) is 79.5 cm³/mol. The predicted octanol–water partition coefficient (Wildman–Crippen LogP) is 2.15. The third-order valence-corrected chi connectivity index (χ3v) is 3.07. The summed E-state index contributed by atoms with van der Waals surface area (Å²) in [6.45, 7) is 0.440. The zero-order valence-electron chi connectivity index (χ0n) is 11.4. The largest absolute Gasteiger partial charge is 0.392 e. The third kappa shape index (κ3) is 3.36. The monoisotopic (exact) mass is 270 g/mol. The molecule has 2 rings (SSSR count). The average molecular weight is 270 g/mol. The maximum absolute atomic E-state index is 12.2. The minimum atomic E-state index is -0.121. The molecule has 2 aromatic rings. The highest BCUT2D eigenvalue weighted by molar-refractivity contribution is 5.99. The summed E-state index contributed by atoms with van der Waals surface area (Å²) in [5, 5.41) is 15.0. The second-order valence-corrected chi connectivity index (χ2v) is 4.46. The number of aliphatic hydroxyl groups excluding tert-OH is 1. The zero-order chi connectivity index (χ0) is 14.4. The molecule has 4 heteroatoms. The van der Waals surface area contributed by atoms with Gasteiger partial charge in [0, 0.05) is 19.3 Å². The molecule has 0 aliphatic rings. The molecule has 0 unspecified atom stereocenters. The van der Waals surface area contributed by atoms with Crippen molar-refractivity contribution < 1.29 is 9.90 Å². The van der Waals surface area contributed by atoms with E-state index in [2.05, 4.69) is 10.6 Å². The Balaban J connectivity index is 2.04. The van der Waals surface area contributed by atoms with Crippen LogP contribution < -0.4 is 10.6 Å². The molecule has 20 heavy (non-hydrogen) atoms. The topological polar surface area (TPSA) is 61.4 Å². The third-order valence-electron chi connectivity index (χ3n) is 3.07. The number of carbonyl (C=O) groups is 1. The highest BCUT2D eigenvalue weighted by Gasteiger charge is 2.09. The first-order chi connectivity index (χ1) is 9.74. The molecule has 0 aromatic heterocycles. The number of rotatable bonds is 5. The summed E-state index contributed by atoms with van der Waals surface area (Å²) in [7, 11) is 1.79. The van der Waals surface area contributed by atoms with Gasteiger partial charge in [-0.1, -0.05) is 36.4 Å². The first kappa shape index (κ1) is 14.1. The quantitative estimate of drug-likeness (QED) is 0.780. The summed E-state index contributed by atoms with van der Waals surface area (Å²) in [6.07, 6.45) is 0. The van der Waals surface area contributed by atoms with Gasteiger partial charge in [-0.05, 0) is 23.3 Å². The first-order valence-electron chi connectivity index (χ1n) is 6.48. The maximum atomic E-state index is 12.2. The molecule has 2 aromatic carbocycles. The van der Waals surface area contributed by atoms with Gasteiger partial charge in [0.15, 0.2) is 0 Å². The number of hydrogen-bond acceptors (Lipinski definition) is 3. The standard InChI is InChI=1S/C16H18N2O2/c1-17-15-8-3-2-7-14(15)16(20)18-10-12-5-4-6-13(9-12)11-19/h2-9,17,19H,10-11H2,1H3,(H,18,20). The van der Waals surface area contributed by atoms with E-state index >= 15 is 0 Å². The van der Waals surface area contributed by atoms with E-state index in [-0.39, 0.29) is 12.5 Å². The molecule has 3 N–H and O–H groups in total. The van der Waals surface area contributed by atoms with E-state index in [0.29, 0.717) is 12.1 Å². The summed E-state index contributed by atoms with van der Waals surface area (Å²) in [4.78, 5) is 12.2. The molecule has 0 aliphatic carbocycles. The fraction of sp³-hybridized carbons (Fsp3) is 0.188. The van der Waals surface area contributed by atoms with Gasteiger partial charge in [-0.3, -0.25) is 4.79 Å². The van der Waals surface area contributed by atoms with Crippen molar-refractivity contribution in [2.45, 2.75) is 13.2 Å². The van der Waals surface area contributed by atoms with Crippen LogP contribution in [0.4, 0.5) is 5.69 Å². The molecule has 0 radical (unpaired) electrons. The van der Waals surface area contributed by atoms with Crippen molar-refractivity contribution >= 4 is 11.6 Å². The second kappa shape index (κ2) is 6.73. The molecule has 0 spiro atoms. The molecule has 0 aliphatic heterocycles. The van der Waals surface area contributed by atoms with Crippen molar-refractivity contribution in [3.05, 3.63) is 65.2 Å². The van der Waals surface area contributed by atoms with E-state index in [1.165, 1.54) is 0 Å². The normalized spacial score (nSPS) is 10.1. The first-order valence-corrected chi connectivity index (χ1v) is 6.48. The van der Waals surface area contributed by atoms with Crippen molar-refractivity contribution in [2.24, 2.45) is 0 Å². The number of aliphatic hydroxyl groups is 1. The van der Waals surface area contributed by atoms with Crippen molar-refractivity contribution in [3.8, 4) is 0 Å². The van der Waals surface area contributed by atoms with Crippen LogP contribution in [0.2, 0.25) is 0 Å². The molecule has 0 fully saturated rings. The molecule has 0 heterocycles. The fourth-order valence-corrected chi connectivity index (χ4v) is 2.01. The smallest absolute Gasteiger partial charge is 0.253 e. The van der Waals surface area contributed by atoms with Gasteiger partial charge in [0.05, 0.1) is 12.2 Å². The Morgan fingerprint density at radius 2 is 1.85 bits per heavy atom. The van der Waals surface area contributed by atoms with Gasteiger partial charge < -0.3 is 15.7 Å². The van der Waals surface area contributed by atoms with Crippen LogP contribution in [0.15, 0.2) is 48.5 Å². The van der Waals surface area contributed by atoms with E-state index in [1.54, 1.807) is 13.1 Å². The maximum Gasteiger partial charge on any atom is 0.253 e. The average Bonchev–Trinajstić information content (AvgIpc) is 2.52. The Morgan fingerprint density at radius 1 is 1.10 bits per heavy atom. The Morgan fingerprint density at radius 3 is 2.60 bits per heavy atom. The molecule has 0 bridgehead atoms. The van der Waals surface area contributed by atoms with Gasteiger partial charge in [-0.25, -0.2) is 0 Å². The number of hydrogen-bond donors (Lipinski definition) is 3. The van der Waals surface area contributed by atoms with Gasteiger partial charge in [0.1, 0.15) is 0 Å². The van der Waals surface area contributed by atoms with Crippen molar-refractivity contribution in [1.29, 1.82) is 0 Å². The van der Waals surface area contributed by atoms with Crippen LogP contribution in [-0.2, 0) is 13.2 Å². The van der Waals surface area contributed by atoms with Gasteiger partial charge in [0.25, 0.3) is 5.91 Å². The van der Waals surface area contributed by atoms with Gasteiger partial charge in [-0.15, -0.1) is 0 Å². The Kier molecular flexibility index (Phi) is 4.74. The van der Waals surface area contributed by atoms with Gasteiger partial charge in [0.2, 0.25) is 0 Å². The molecule has 0 atom stereocenters. The molecule has 0 saturated heterocycles. The molecule has 4 nitrogen and oxygen atoms in total. The molecule has 104 valence electrons. The summed E-state index contributed by atoms with van der Waals surface area (Å²) < 4.78 is 0. The summed E-state index contributed by atoms with van der Waals surface area (Å²) in [6, 6.07) is 14.9. The summed E-state index contributed by atoms with van der Waals surface area (Å²) in [5.74, 6) is -0.121. The van der Waals surface area contributed by atoms with Crippen molar-refractivity contribution in [2.75, 3.05) is 12.4 Å². The van der Waals surface area contributed by atoms with Crippen LogP contribution in [-0.4, -0.2) is 18.1 Å². The van der Waals surface area contributed by atoms with Crippen LogP contribution in [0, 0.1) is 0 Å². The van der Waals surface area contributed by atoms with Crippen LogP contribution in [0.5, 0.6) is 0 Å². The Hall–Kier alpha value is -2.33. The van der Waals surface area contributed by atoms with E-state index in [4.69, 9.17) is 5.11 Å². The number of para-hydroxylation sites is 1. The minimum Gasteiger partial charge on any atom is -0.392 e. The highest BCUT2D eigenvalue weighted by Crippen LogP contribution is 2.14. The van der Waals surface area contributed by atoms with E-state index in [0.717, 1.165) is 16.8 Å². The van der Waals surface area contributed by atoms with Crippen LogP contribution >= 0.6 is 0 Å². The number of carbonyl (C=O) groups excluding carboxylic acids is 1. The lowest BCUT2D eigenvalue weighted by Gasteiger charge is -2.10. The number of benzene rings is 2. The Labute approximate surface area is 118 Å². The van der Waals surface area contributed by atoms with Gasteiger partial charge in [-0.2, -0.15) is 0 Å². The zero-order valence-corrected chi connectivity index (χ0v) is 11.4. The van der Waals surface area contributed by atoms with E-state index in [9.17, 15) is 4.79 Å². The number of anilines is 1. The summed E-state index contributed by atoms with van der Waals surface area (Å²) in [5.41, 5.74) is 3.22. The van der Waals surface area contributed by atoms with Crippen LogP contribution in [0.25, 0.3) is 0 Å². The van der Waals surface area contributed by atoms with Crippen LogP contribution in [0.3, 0.4) is 0 Å². The van der Waals surface area contributed by atoms with E-state index in [1.807, 2.05) is 42.5 Å². The number of amides is 1. The van der Waals surface area contributed by atoms with Crippen molar-refractivity contribution in [3.63, 3.8) is 0 Å². The molecular formula is C16H18N2O2. The van der Waals surface area contributed by atoms with Crippen LogP contribution in [0.1, 0.15) is 21.5 Å². The van der Waals surface area contributed by atoms with E-state index < -0.39 is 0 Å². The number of nitrogens with one attached hydrogen (secondary N) is 2. The Bertz CT molecular complexity index is 597. The molecular weight excluding hydrogens is 252 g/mol. The minimum absolute atomic E-state index is 0.00434. The SMILES string of the molecule is CNc1ccccc1C(=O)NCc1cccc(CO)c1. The lowest BCUT2D eigenvalue weighted by atomic mass is 10.1. The lowest BCUT2D eigenvalue weighted by Crippen LogP contribution is -2.23. The molecule has 0 saturated carbocycles. The second-order valence-electron chi connectivity index (χ2n) is 4.46. The summed E-state index contributed by atoms with van der Waals surface area (Å²) >= 11 is 0. The van der Waals surface area contributed by atoms with Crippen molar-refractivity contribution in [1.82, 2.24) is 5.32 Å². The highest BCUT2D eigenvalue weighted by atomic mass is 16.3. The fourth-order valence-electron chi connectivity index (χ4n) is 2.01.